The fourth-order valence-electron chi connectivity index (χ4n) is 2.49. The summed E-state index contributed by atoms with van der Waals surface area (Å²) in [5.74, 6) is 0.0123. The number of benzene rings is 1. The molecule has 0 aromatic heterocycles. The lowest BCUT2D eigenvalue weighted by molar-refractivity contribution is -0.131. The Hall–Kier alpha value is -2.08. The minimum absolute atomic E-state index is 0.00629. The summed E-state index contributed by atoms with van der Waals surface area (Å²) in [7, 11) is 3.38. The molecule has 1 aromatic carbocycles. The molecule has 114 valence electrons. The molecular weight excluding hydrogens is 270 g/mol. The standard InChI is InChI=1S/C15H21N3O3/c1-18(13(19)10-15(21-2)7-4-8-15)12-6-3-5-11(9-12)14(16)17-20/h3,5-6,9,20H,4,7-8,10H2,1-2H3,(H2,16,17). The lowest BCUT2D eigenvalue weighted by atomic mass is 9.77. The first-order chi connectivity index (χ1) is 10.0. The monoisotopic (exact) mass is 291 g/mol. The Labute approximate surface area is 124 Å². The zero-order chi connectivity index (χ0) is 15.5. The number of anilines is 1. The maximum absolute atomic E-state index is 12.4. The molecule has 6 heteroatoms. The molecule has 0 bridgehead atoms. The molecule has 0 saturated heterocycles. The fourth-order valence-corrected chi connectivity index (χ4v) is 2.49. The smallest absolute Gasteiger partial charge is 0.229 e. The minimum atomic E-state index is -0.297. The SMILES string of the molecule is COC1(CC(=O)N(C)c2cccc(/C(N)=N/O)c2)CCC1. The number of amidine groups is 1. The summed E-state index contributed by atoms with van der Waals surface area (Å²) in [6.45, 7) is 0. The van der Waals surface area contributed by atoms with Crippen molar-refractivity contribution < 1.29 is 14.7 Å². The van der Waals surface area contributed by atoms with Crippen molar-refractivity contribution in [2.24, 2.45) is 10.9 Å². The highest BCUT2D eigenvalue weighted by atomic mass is 16.5. The molecule has 3 N–H and O–H groups in total. The highest BCUT2D eigenvalue weighted by molar-refractivity contribution is 5.99. The van der Waals surface area contributed by atoms with Gasteiger partial charge in [0, 0.05) is 25.4 Å². The second-order valence-electron chi connectivity index (χ2n) is 5.41. The van der Waals surface area contributed by atoms with E-state index in [1.54, 1.807) is 37.3 Å². The Morgan fingerprint density at radius 2 is 2.24 bits per heavy atom. The molecule has 6 nitrogen and oxygen atoms in total. The number of methoxy groups -OCH3 is 1. The van der Waals surface area contributed by atoms with Crippen molar-refractivity contribution in [1.82, 2.24) is 0 Å². The number of nitrogens with two attached hydrogens (primary N) is 1. The van der Waals surface area contributed by atoms with Crippen LogP contribution in [-0.4, -0.2) is 36.7 Å². The molecule has 0 radical (unpaired) electrons. The van der Waals surface area contributed by atoms with E-state index in [-0.39, 0.29) is 17.3 Å². The van der Waals surface area contributed by atoms with Crippen molar-refractivity contribution in [3.63, 3.8) is 0 Å². The number of amides is 1. The van der Waals surface area contributed by atoms with Crippen LogP contribution in [0.4, 0.5) is 5.69 Å². The number of carbonyl (C=O) groups excluding carboxylic acids is 1. The Bertz CT molecular complexity index is 547. The highest BCUT2D eigenvalue weighted by Gasteiger charge is 2.39. The maximum Gasteiger partial charge on any atom is 0.229 e. The van der Waals surface area contributed by atoms with E-state index in [9.17, 15) is 4.79 Å². The summed E-state index contributed by atoms with van der Waals surface area (Å²) >= 11 is 0. The van der Waals surface area contributed by atoms with Gasteiger partial charge in [0.05, 0.1) is 12.0 Å². The van der Waals surface area contributed by atoms with Gasteiger partial charge in [-0.1, -0.05) is 17.3 Å². The number of nitrogens with zero attached hydrogens (tertiary/aromatic N) is 2. The summed E-state index contributed by atoms with van der Waals surface area (Å²) in [4.78, 5) is 14.0. The van der Waals surface area contributed by atoms with Gasteiger partial charge >= 0.3 is 0 Å². The van der Waals surface area contributed by atoms with Gasteiger partial charge in [-0.25, -0.2) is 0 Å². The molecule has 1 amide bonds. The van der Waals surface area contributed by atoms with Crippen LogP contribution in [0.2, 0.25) is 0 Å². The van der Waals surface area contributed by atoms with Crippen LogP contribution in [-0.2, 0) is 9.53 Å². The number of hydrogen-bond acceptors (Lipinski definition) is 4. The number of ether oxygens (including phenoxy) is 1. The van der Waals surface area contributed by atoms with E-state index in [2.05, 4.69) is 5.16 Å². The third kappa shape index (κ3) is 3.16. The number of oxime groups is 1. The third-order valence-corrected chi connectivity index (χ3v) is 4.18. The first kappa shape index (κ1) is 15.3. The van der Waals surface area contributed by atoms with E-state index in [0.29, 0.717) is 17.7 Å². The van der Waals surface area contributed by atoms with Crippen LogP contribution in [0.15, 0.2) is 29.4 Å². The molecule has 2 rings (SSSR count). The summed E-state index contributed by atoms with van der Waals surface area (Å²) < 4.78 is 5.49. The normalized spacial score (nSPS) is 17.1. The molecule has 0 atom stereocenters. The van der Waals surface area contributed by atoms with Crippen molar-refractivity contribution in [1.29, 1.82) is 0 Å². The van der Waals surface area contributed by atoms with Gasteiger partial charge in [-0.15, -0.1) is 0 Å². The first-order valence-electron chi connectivity index (χ1n) is 6.91. The lowest BCUT2D eigenvalue weighted by Crippen LogP contribution is -2.44. The second kappa shape index (κ2) is 6.13. The van der Waals surface area contributed by atoms with E-state index in [1.807, 2.05) is 6.07 Å². The summed E-state index contributed by atoms with van der Waals surface area (Å²) in [6, 6.07) is 7.01. The fraction of sp³-hybridized carbons (Fsp3) is 0.467. The van der Waals surface area contributed by atoms with Crippen LogP contribution in [0.1, 0.15) is 31.2 Å². The van der Waals surface area contributed by atoms with Crippen molar-refractivity contribution >= 4 is 17.4 Å². The zero-order valence-corrected chi connectivity index (χ0v) is 12.4. The van der Waals surface area contributed by atoms with Gasteiger partial charge < -0.3 is 20.6 Å². The van der Waals surface area contributed by atoms with Gasteiger partial charge in [0.2, 0.25) is 5.91 Å². The quantitative estimate of drug-likeness (QED) is 0.374. The van der Waals surface area contributed by atoms with E-state index in [4.69, 9.17) is 15.7 Å². The van der Waals surface area contributed by atoms with Crippen molar-refractivity contribution in [3.05, 3.63) is 29.8 Å². The topological polar surface area (TPSA) is 88.2 Å². The Kier molecular flexibility index (Phi) is 4.47. The second-order valence-corrected chi connectivity index (χ2v) is 5.41. The van der Waals surface area contributed by atoms with Crippen molar-refractivity contribution in [2.45, 2.75) is 31.3 Å². The van der Waals surface area contributed by atoms with Crippen molar-refractivity contribution in [3.8, 4) is 0 Å². The van der Waals surface area contributed by atoms with Gasteiger partial charge in [-0.3, -0.25) is 4.79 Å². The third-order valence-electron chi connectivity index (χ3n) is 4.18. The summed E-state index contributed by atoms with van der Waals surface area (Å²) in [6.07, 6.45) is 3.32. The maximum atomic E-state index is 12.4. The molecule has 0 spiro atoms. The number of hydrogen-bond donors (Lipinski definition) is 2. The van der Waals surface area contributed by atoms with E-state index < -0.39 is 0 Å². The van der Waals surface area contributed by atoms with Gasteiger partial charge in [0.15, 0.2) is 5.84 Å². The van der Waals surface area contributed by atoms with Gasteiger partial charge in [-0.05, 0) is 31.4 Å². The average Bonchev–Trinajstić information content (AvgIpc) is 2.49. The zero-order valence-electron chi connectivity index (χ0n) is 12.4. The van der Waals surface area contributed by atoms with Crippen LogP contribution in [0.3, 0.4) is 0 Å². The summed E-state index contributed by atoms with van der Waals surface area (Å²) in [5, 5.41) is 11.7. The molecule has 1 fully saturated rings. The first-order valence-corrected chi connectivity index (χ1v) is 6.91. The molecule has 0 unspecified atom stereocenters. The molecule has 1 aliphatic carbocycles. The van der Waals surface area contributed by atoms with Crippen LogP contribution < -0.4 is 10.6 Å². The highest BCUT2D eigenvalue weighted by Crippen LogP contribution is 2.38. The molecule has 0 aliphatic heterocycles. The van der Waals surface area contributed by atoms with E-state index in [0.717, 1.165) is 19.3 Å². The van der Waals surface area contributed by atoms with Gasteiger partial charge in [-0.2, -0.15) is 0 Å². The predicted octanol–water partition coefficient (Wildman–Crippen LogP) is 1.70. The van der Waals surface area contributed by atoms with Crippen LogP contribution in [0.25, 0.3) is 0 Å². The Morgan fingerprint density at radius 1 is 1.52 bits per heavy atom. The average molecular weight is 291 g/mol. The van der Waals surface area contributed by atoms with E-state index in [1.165, 1.54) is 0 Å². The molecular formula is C15H21N3O3. The Morgan fingerprint density at radius 3 is 2.76 bits per heavy atom. The molecule has 0 heterocycles. The van der Waals surface area contributed by atoms with Gasteiger partial charge in [0.25, 0.3) is 0 Å². The molecule has 1 aliphatic rings. The van der Waals surface area contributed by atoms with Crippen LogP contribution in [0.5, 0.6) is 0 Å². The lowest BCUT2D eigenvalue weighted by Gasteiger charge is -2.40. The van der Waals surface area contributed by atoms with Gasteiger partial charge in [0.1, 0.15) is 0 Å². The molecule has 21 heavy (non-hydrogen) atoms. The number of rotatable bonds is 5. The molecule has 1 saturated carbocycles. The largest absolute Gasteiger partial charge is 0.409 e. The predicted molar refractivity (Wildman–Crippen MR) is 80.6 cm³/mol. The Balaban J connectivity index is 2.12. The van der Waals surface area contributed by atoms with Crippen molar-refractivity contribution in [2.75, 3.05) is 19.1 Å². The number of carbonyl (C=O) groups is 1. The van der Waals surface area contributed by atoms with E-state index >= 15 is 0 Å². The summed E-state index contributed by atoms with van der Waals surface area (Å²) in [5.41, 5.74) is 6.55. The minimum Gasteiger partial charge on any atom is -0.409 e. The van der Waals surface area contributed by atoms with Crippen LogP contribution in [0, 0.1) is 0 Å². The van der Waals surface area contributed by atoms with Crippen LogP contribution >= 0.6 is 0 Å². The molecule has 1 aromatic rings.